The van der Waals surface area contributed by atoms with Crippen molar-refractivity contribution in [3.05, 3.63) is 33.8 Å². The van der Waals surface area contributed by atoms with Crippen molar-refractivity contribution in [1.29, 1.82) is 0 Å². The number of carbonyl (C=O) groups is 1. The normalized spacial score (nSPS) is 18.6. The van der Waals surface area contributed by atoms with Gasteiger partial charge in [-0.2, -0.15) is 0 Å². The second-order valence-corrected chi connectivity index (χ2v) is 6.06. The summed E-state index contributed by atoms with van der Waals surface area (Å²) < 4.78 is 5.64. The molecule has 1 atom stereocenters. The molecular formula is C14H17Cl2N2NaO2S. The third kappa shape index (κ3) is 5.56. The molecule has 1 aromatic carbocycles. The minimum Gasteiger partial charge on any atom is -0.783 e. The number of halogens is 2. The number of hydrogen-bond donors (Lipinski definition) is 0. The van der Waals surface area contributed by atoms with Gasteiger partial charge >= 0.3 is 29.6 Å². The summed E-state index contributed by atoms with van der Waals surface area (Å²) in [6, 6.07) is 5.62. The van der Waals surface area contributed by atoms with E-state index in [0.717, 1.165) is 18.7 Å². The topological polar surface area (TPSA) is 32.8 Å². The van der Waals surface area contributed by atoms with Crippen LogP contribution in [-0.4, -0.2) is 54.4 Å². The fraction of sp³-hybridized carbons (Fsp3) is 0.500. The number of hydrogen-bond acceptors (Lipinski definition) is 4. The molecule has 2 rings (SSSR count). The second-order valence-electron chi connectivity index (χ2n) is 4.96. The summed E-state index contributed by atoms with van der Waals surface area (Å²) in [5.74, 6) is -0.0187. The van der Waals surface area contributed by atoms with Gasteiger partial charge in [0, 0.05) is 26.7 Å². The van der Waals surface area contributed by atoms with Crippen LogP contribution in [0.15, 0.2) is 18.2 Å². The maximum absolute atomic E-state index is 11.6. The van der Waals surface area contributed by atoms with Crippen LogP contribution in [0.25, 0.3) is 0 Å². The third-order valence-corrected chi connectivity index (χ3v) is 4.46. The summed E-state index contributed by atoms with van der Waals surface area (Å²) in [6.07, 6.45) is -0.253. The summed E-state index contributed by atoms with van der Waals surface area (Å²) >= 11 is 16.7. The Morgan fingerprint density at radius 3 is 2.82 bits per heavy atom. The fourth-order valence-corrected chi connectivity index (χ4v) is 2.74. The van der Waals surface area contributed by atoms with E-state index in [-0.39, 0.29) is 47.4 Å². The van der Waals surface area contributed by atoms with Crippen LogP contribution >= 0.6 is 23.2 Å². The molecule has 22 heavy (non-hydrogen) atoms. The van der Waals surface area contributed by atoms with E-state index < -0.39 is 0 Å². The zero-order valence-corrected chi connectivity index (χ0v) is 17.0. The number of nitrogens with zero attached hydrogens (tertiary/aromatic N) is 2. The molecule has 1 aromatic rings. The molecular weight excluding hydrogens is 354 g/mol. The molecule has 0 spiro atoms. The Kier molecular flexibility index (Phi) is 9.12. The van der Waals surface area contributed by atoms with Crippen molar-refractivity contribution < 1.29 is 39.1 Å². The number of amides is 1. The molecule has 8 heteroatoms. The average Bonchev–Trinajstić information content (AvgIpc) is 2.49. The first-order chi connectivity index (χ1) is 10.0. The minimum atomic E-state index is -0.253. The molecule has 0 saturated carbocycles. The van der Waals surface area contributed by atoms with Gasteiger partial charge in [0.15, 0.2) is 5.91 Å². The molecule has 0 aliphatic carbocycles. The first-order valence-corrected chi connectivity index (χ1v) is 7.96. The Morgan fingerprint density at radius 1 is 1.45 bits per heavy atom. The van der Waals surface area contributed by atoms with Gasteiger partial charge in [-0.3, -0.25) is 9.69 Å². The van der Waals surface area contributed by atoms with Crippen LogP contribution < -0.4 is 29.6 Å². The maximum Gasteiger partial charge on any atom is 1.00 e. The van der Waals surface area contributed by atoms with E-state index in [4.69, 9.17) is 40.6 Å². The smallest absolute Gasteiger partial charge is 0.783 e. The number of carbonyl (C=O) groups excluding carboxylic acids is 1. The Bertz CT molecular complexity index is 522. The molecule has 0 radical (unpaired) electrons. The molecule has 0 unspecified atom stereocenters. The van der Waals surface area contributed by atoms with Gasteiger partial charge in [-0.25, -0.2) is 0 Å². The fourth-order valence-electron chi connectivity index (χ4n) is 2.22. The van der Waals surface area contributed by atoms with E-state index in [9.17, 15) is 4.79 Å². The number of morpholine rings is 1. The quantitative estimate of drug-likeness (QED) is 0.511. The summed E-state index contributed by atoms with van der Waals surface area (Å²) in [4.78, 5) is 15.4. The number of benzene rings is 1. The van der Waals surface area contributed by atoms with Crippen molar-refractivity contribution in [1.82, 2.24) is 9.80 Å². The first kappa shape index (κ1) is 20.6. The third-order valence-electron chi connectivity index (χ3n) is 3.47. The Labute approximate surface area is 168 Å². The van der Waals surface area contributed by atoms with E-state index in [0.29, 0.717) is 23.2 Å². The van der Waals surface area contributed by atoms with Crippen LogP contribution in [0, 0.1) is 0 Å². The largest absolute Gasteiger partial charge is 1.00 e. The molecule has 0 bridgehead atoms. The van der Waals surface area contributed by atoms with Crippen LogP contribution in [0.3, 0.4) is 0 Å². The van der Waals surface area contributed by atoms with Crippen LogP contribution in [0.4, 0.5) is 0 Å². The Morgan fingerprint density at radius 2 is 2.18 bits per heavy atom. The summed E-state index contributed by atoms with van der Waals surface area (Å²) in [5, 5.41) is 1.11. The molecule has 1 aliphatic rings. The molecule has 4 nitrogen and oxygen atoms in total. The molecule has 1 saturated heterocycles. The van der Waals surface area contributed by atoms with Crippen molar-refractivity contribution in [2.45, 2.75) is 12.8 Å². The average molecular weight is 371 g/mol. The monoisotopic (exact) mass is 370 g/mol. The number of rotatable bonds is 4. The first-order valence-electron chi connectivity index (χ1n) is 6.63. The summed E-state index contributed by atoms with van der Waals surface area (Å²) in [5.41, 5.74) is 1.09. The van der Waals surface area contributed by atoms with Gasteiger partial charge in [0.2, 0.25) is 0 Å². The zero-order valence-electron chi connectivity index (χ0n) is 12.7. The predicted octanol–water partition coefficient (Wildman–Crippen LogP) is -0.839. The number of likely N-dealkylation sites (N-methyl/N-ethyl adjacent to an activating group) is 1. The predicted molar refractivity (Wildman–Crippen MR) is 86.5 cm³/mol. The molecule has 1 amide bonds. The van der Waals surface area contributed by atoms with Crippen molar-refractivity contribution in [2.75, 3.05) is 32.5 Å². The molecule has 0 aromatic heterocycles. The van der Waals surface area contributed by atoms with E-state index in [2.05, 4.69) is 4.90 Å². The molecule has 116 valence electrons. The summed E-state index contributed by atoms with van der Waals surface area (Å²) in [7, 11) is 1.72. The number of ether oxygens (including phenoxy) is 1. The van der Waals surface area contributed by atoms with Crippen molar-refractivity contribution >= 4 is 41.7 Å². The van der Waals surface area contributed by atoms with Gasteiger partial charge in [0.05, 0.1) is 16.7 Å². The van der Waals surface area contributed by atoms with Gasteiger partial charge in [-0.1, -0.05) is 35.0 Å². The van der Waals surface area contributed by atoms with Crippen LogP contribution in [0.5, 0.6) is 0 Å². The van der Waals surface area contributed by atoms with Crippen molar-refractivity contribution in [3.63, 3.8) is 0 Å². The van der Waals surface area contributed by atoms with E-state index in [1.807, 2.05) is 12.1 Å². The van der Waals surface area contributed by atoms with Crippen LogP contribution in [0.1, 0.15) is 5.56 Å². The molecule has 1 fully saturated rings. The van der Waals surface area contributed by atoms with Gasteiger partial charge in [0.25, 0.3) is 0 Å². The van der Waals surface area contributed by atoms with E-state index in [1.165, 1.54) is 0 Å². The van der Waals surface area contributed by atoms with Crippen LogP contribution in [0.2, 0.25) is 10.0 Å². The van der Waals surface area contributed by atoms with Gasteiger partial charge in [0.1, 0.15) is 6.23 Å². The van der Waals surface area contributed by atoms with Gasteiger partial charge < -0.3 is 22.3 Å². The van der Waals surface area contributed by atoms with Gasteiger partial charge in [-0.15, -0.1) is 0 Å². The standard InChI is InChI=1S/C14H18Cl2N2O2S.Na/c1-17(13(19)9-21)14-8-18(4-5-20-14)7-10-2-3-11(15)12(16)6-10;/h2-3,6,14,21H,4-5,7-9H2,1H3;/q;+1/p-1/t14-;/m0./s1. The SMILES string of the molecule is CN(C(=O)C[S-])[C@@H]1CN(Cc2ccc(Cl)c(Cl)c2)CCO1.[Na+]. The minimum absolute atomic E-state index is 0. The van der Waals surface area contributed by atoms with E-state index in [1.54, 1.807) is 18.0 Å². The Balaban J connectivity index is 0.00000242. The zero-order chi connectivity index (χ0) is 15.4. The summed E-state index contributed by atoms with van der Waals surface area (Å²) in [6.45, 7) is 2.79. The van der Waals surface area contributed by atoms with E-state index >= 15 is 0 Å². The molecule has 0 N–H and O–H groups in total. The molecule has 1 heterocycles. The van der Waals surface area contributed by atoms with Gasteiger partial charge in [-0.05, 0) is 17.7 Å². The van der Waals surface area contributed by atoms with Crippen molar-refractivity contribution in [3.8, 4) is 0 Å². The second kappa shape index (κ2) is 9.74. The molecule has 1 aliphatic heterocycles. The maximum atomic E-state index is 11.6. The van der Waals surface area contributed by atoms with Crippen LogP contribution in [-0.2, 0) is 28.7 Å². The van der Waals surface area contributed by atoms with Crippen molar-refractivity contribution in [2.24, 2.45) is 0 Å². The Hall–Kier alpha value is 0.540.